The smallest absolute Gasteiger partial charge is 0.328 e. The highest BCUT2D eigenvalue weighted by Gasteiger charge is 2.28. The first-order chi connectivity index (χ1) is 8.85. The summed E-state index contributed by atoms with van der Waals surface area (Å²) in [7, 11) is 0. The SMILES string of the molecule is CCc1ccc(CCC(=O)NC(C)(C)C(=O)O)cc1. The quantitative estimate of drug-likeness (QED) is 0.826. The lowest BCUT2D eigenvalue weighted by Gasteiger charge is -2.20. The number of aliphatic carboxylic acids is 1. The van der Waals surface area contributed by atoms with E-state index in [9.17, 15) is 9.59 Å². The summed E-state index contributed by atoms with van der Waals surface area (Å²) >= 11 is 0. The Bertz CT molecular complexity index is 449. The molecule has 0 bridgehead atoms. The fourth-order valence-electron chi connectivity index (χ4n) is 1.66. The molecule has 1 amide bonds. The van der Waals surface area contributed by atoms with Crippen molar-refractivity contribution in [3.05, 3.63) is 35.4 Å². The second-order valence-corrected chi connectivity index (χ2v) is 5.15. The molecular weight excluding hydrogens is 242 g/mol. The predicted molar refractivity (Wildman–Crippen MR) is 74.0 cm³/mol. The molecule has 0 heterocycles. The van der Waals surface area contributed by atoms with Crippen molar-refractivity contribution in [1.82, 2.24) is 5.32 Å². The number of nitrogens with one attached hydrogen (secondary N) is 1. The van der Waals surface area contributed by atoms with Crippen LogP contribution in [-0.4, -0.2) is 22.5 Å². The molecule has 0 unspecified atom stereocenters. The molecule has 1 rings (SSSR count). The van der Waals surface area contributed by atoms with Gasteiger partial charge < -0.3 is 10.4 Å². The van der Waals surface area contributed by atoms with Crippen LogP contribution in [0.25, 0.3) is 0 Å². The number of hydrogen-bond acceptors (Lipinski definition) is 2. The van der Waals surface area contributed by atoms with Crippen molar-refractivity contribution in [1.29, 1.82) is 0 Å². The zero-order valence-corrected chi connectivity index (χ0v) is 11.7. The van der Waals surface area contributed by atoms with Crippen molar-refractivity contribution < 1.29 is 14.7 Å². The number of aryl methyl sites for hydroxylation is 2. The monoisotopic (exact) mass is 263 g/mol. The van der Waals surface area contributed by atoms with Crippen molar-refractivity contribution in [2.75, 3.05) is 0 Å². The topological polar surface area (TPSA) is 66.4 Å². The third kappa shape index (κ3) is 4.73. The Labute approximate surface area is 113 Å². The Balaban J connectivity index is 2.48. The summed E-state index contributed by atoms with van der Waals surface area (Å²) in [5, 5.41) is 11.4. The molecule has 0 fully saturated rings. The molecule has 1 aromatic carbocycles. The normalized spacial score (nSPS) is 11.1. The number of carboxylic acids is 1. The molecule has 0 aliphatic rings. The fourth-order valence-corrected chi connectivity index (χ4v) is 1.66. The highest BCUT2D eigenvalue weighted by molar-refractivity contribution is 5.86. The Morgan fingerprint density at radius 1 is 1.16 bits per heavy atom. The predicted octanol–water partition coefficient (Wildman–Crippen LogP) is 2.16. The van der Waals surface area contributed by atoms with Gasteiger partial charge in [0, 0.05) is 6.42 Å². The standard InChI is InChI=1S/C15H21NO3/c1-4-11-5-7-12(8-6-11)9-10-13(17)16-15(2,3)14(18)19/h5-8H,4,9-10H2,1-3H3,(H,16,17)(H,18,19). The van der Waals surface area contributed by atoms with Gasteiger partial charge in [0.2, 0.25) is 5.91 Å². The summed E-state index contributed by atoms with van der Waals surface area (Å²) in [5.41, 5.74) is 1.13. The van der Waals surface area contributed by atoms with Crippen LogP contribution in [0, 0.1) is 0 Å². The fraction of sp³-hybridized carbons (Fsp3) is 0.467. The maximum absolute atomic E-state index is 11.7. The van der Waals surface area contributed by atoms with E-state index in [-0.39, 0.29) is 5.91 Å². The average Bonchev–Trinajstić information content (AvgIpc) is 2.36. The van der Waals surface area contributed by atoms with Crippen LogP contribution in [0.4, 0.5) is 0 Å². The van der Waals surface area contributed by atoms with Gasteiger partial charge in [0.15, 0.2) is 0 Å². The molecule has 0 aliphatic carbocycles. The maximum Gasteiger partial charge on any atom is 0.328 e. The molecule has 0 spiro atoms. The van der Waals surface area contributed by atoms with Crippen molar-refractivity contribution in [2.45, 2.75) is 45.6 Å². The lowest BCUT2D eigenvalue weighted by molar-refractivity contribution is -0.146. The second-order valence-electron chi connectivity index (χ2n) is 5.15. The summed E-state index contributed by atoms with van der Waals surface area (Å²) in [4.78, 5) is 22.6. The molecule has 1 aromatic rings. The van der Waals surface area contributed by atoms with Crippen LogP contribution in [0.15, 0.2) is 24.3 Å². The molecule has 2 N–H and O–H groups in total. The van der Waals surface area contributed by atoms with E-state index in [1.165, 1.54) is 19.4 Å². The van der Waals surface area contributed by atoms with Crippen LogP contribution in [0.3, 0.4) is 0 Å². The number of carbonyl (C=O) groups is 2. The summed E-state index contributed by atoms with van der Waals surface area (Å²) in [6.45, 7) is 5.04. The number of rotatable bonds is 6. The number of amides is 1. The largest absolute Gasteiger partial charge is 0.480 e. The van der Waals surface area contributed by atoms with Crippen LogP contribution < -0.4 is 5.32 Å². The van der Waals surface area contributed by atoms with Gasteiger partial charge in [0.05, 0.1) is 0 Å². The van der Waals surface area contributed by atoms with Gasteiger partial charge in [-0.05, 0) is 37.8 Å². The van der Waals surface area contributed by atoms with Gasteiger partial charge >= 0.3 is 5.97 Å². The van der Waals surface area contributed by atoms with Crippen molar-refractivity contribution in [2.24, 2.45) is 0 Å². The molecule has 0 saturated carbocycles. The molecule has 0 radical (unpaired) electrons. The van der Waals surface area contributed by atoms with Gasteiger partial charge in [-0.25, -0.2) is 4.79 Å². The zero-order valence-electron chi connectivity index (χ0n) is 11.7. The van der Waals surface area contributed by atoms with Crippen LogP contribution in [0.1, 0.15) is 38.3 Å². The van der Waals surface area contributed by atoms with E-state index >= 15 is 0 Å². The Morgan fingerprint density at radius 2 is 1.68 bits per heavy atom. The molecule has 0 aliphatic heterocycles. The Kier molecular flexibility index (Phi) is 5.10. The molecule has 4 heteroatoms. The molecule has 0 atom stereocenters. The highest BCUT2D eigenvalue weighted by Crippen LogP contribution is 2.08. The number of benzene rings is 1. The van der Waals surface area contributed by atoms with Crippen LogP contribution in [0.2, 0.25) is 0 Å². The molecule has 104 valence electrons. The molecule has 0 aromatic heterocycles. The van der Waals surface area contributed by atoms with E-state index < -0.39 is 11.5 Å². The highest BCUT2D eigenvalue weighted by atomic mass is 16.4. The van der Waals surface area contributed by atoms with Crippen LogP contribution >= 0.6 is 0 Å². The first-order valence-corrected chi connectivity index (χ1v) is 6.47. The lowest BCUT2D eigenvalue weighted by Crippen LogP contribution is -2.49. The third-order valence-electron chi connectivity index (χ3n) is 3.06. The molecule has 19 heavy (non-hydrogen) atoms. The average molecular weight is 263 g/mol. The molecular formula is C15H21NO3. The number of hydrogen-bond donors (Lipinski definition) is 2. The van der Waals surface area contributed by atoms with Gasteiger partial charge in [-0.1, -0.05) is 31.2 Å². The van der Waals surface area contributed by atoms with E-state index in [4.69, 9.17) is 5.11 Å². The van der Waals surface area contributed by atoms with Crippen molar-refractivity contribution in [3.63, 3.8) is 0 Å². The van der Waals surface area contributed by atoms with E-state index in [2.05, 4.69) is 24.4 Å². The number of carbonyl (C=O) groups excluding carboxylic acids is 1. The summed E-state index contributed by atoms with van der Waals surface area (Å²) < 4.78 is 0. The minimum absolute atomic E-state index is 0.244. The minimum Gasteiger partial charge on any atom is -0.480 e. The van der Waals surface area contributed by atoms with Crippen molar-refractivity contribution in [3.8, 4) is 0 Å². The summed E-state index contributed by atoms with van der Waals surface area (Å²) in [6, 6.07) is 8.12. The van der Waals surface area contributed by atoms with E-state index in [0.29, 0.717) is 12.8 Å². The van der Waals surface area contributed by atoms with E-state index in [1.54, 1.807) is 0 Å². The molecule has 4 nitrogen and oxygen atoms in total. The first-order valence-electron chi connectivity index (χ1n) is 6.47. The van der Waals surface area contributed by atoms with Gasteiger partial charge in [0.1, 0.15) is 5.54 Å². The van der Waals surface area contributed by atoms with Crippen LogP contribution in [-0.2, 0) is 22.4 Å². The first kappa shape index (κ1) is 15.2. The lowest BCUT2D eigenvalue weighted by atomic mass is 10.0. The zero-order chi connectivity index (χ0) is 14.5. The van der Waals surface area contributed by atoms with Gasteiger partial charge in [0.25, 0.3) is 0 Å². The van der Waals surface area contributed by atoms with E-state index in [0.717, 1.165) is 12.0 Å². The van der Waals surface area contributed by atoms with Gasteiger partial charge in [-0.3, -0.25) is 4.79 Å². The van der Waals surface area contributed by atoms with Gasteiger partial charge in [-0.15, -0.1) is 0 Å². The van der Waals surface area contributed by atoms with Crippen molar-refractivity contribution >= 4 is 11.9 Å². The third-order valence-corrected chi connectivity index (χ3v) is 3.06. The Hall–Kier alpha value is -1.84. The minimum atomic E-state index is -1.22. The number of carboxylic acid groups (broad SMARTS) is 1. The second kappa shape index (κ2) is 6.36. The van der Waals surface area contributed by atoms with Crippen LogP contribution in [0.5, 0.6) is 0 Å². The van der Waals surface area contributed by atoms with E-state index in [1.807, 2.05) is 12.1 Å². The van der Waals surface area contributed by atoms with Gasteiger partial charge in [-0.2, -0.15) is 0 Å². The summed E-state index contributed by atoms with van der Waals surface area (Å²) in [6.07, 6.45) is 1.90. The maximum atomic E-state index is 11.7. The molecule has 0 saturated heterocycles. The Morgan fingerprint density at radius 3 is 2.16 bits per heavy atom. The summed E-state index contributed by atoms with van der Waals surface area (Å²) in [5.74, 6) is -1.28.